The van der Waals surface area contributed by atoms with Gasteiger partial charge in [0.1, 0.15) is 6.04 Å². The van der Waals surface area contributed by atoms with E-state index < -0.39 is 0 Å². The summed E-state index contributed by atoms with van der Waals surface area (Å²) in [6.07, 6.45) is 7.83. The lowest BCUT2D eigenvalue weighted by Crippen LogP contribution is -2.61. The van der Waals surface area contributed by atoms with Crippen LogP contribution in [0.2, 0.25) is 0 Å². The van der Waals surface area contributed by atoms with Gasteiger partial charge in [-0.15, -0.1) is 11.6 Å². The van der Waals surface area contributed by atoms with Crippen LogP contribution < -0.4 is 10.6 Å². The zero-order valence-electron chi connectivity index (χ0n) is 12.3. The monoisotopic (exact) mass is 310 g/mol. The molecule has 4 bridgehead atoms. The molecule has 0 aromatic rings. The summed E-state index contributed by atoms with van der Waals surface area (Å²) >= 11 is 6.78. The summed E-state index contributed by atoms with van der Waals surface area (Å²) in [4.78, 5) is 24.6. The summed E-state index contributed by atoms with van der Waals surface area (Å²) in [6, 6.07) is -0.342. The van der Waals surface area contributed by atoms with E-state index in [-0.39, 0.29) is 28.1 Å². The molecule has 3 atom stereocenters. The Balaban J connectivity index is 1.52. The highest BCUT2D eigenvalue weighted by Crippen LogP contribution is 2.63. The molecule has 0 aromatic heterocycles. The van der Waals surface area contributed by atoms with E-state index in [1.54, 1.807) is 0 Å². The van der Waals surface area contributed by atoms with Gasteiger partial charge in [0.25, 0.3) is 0 Å². The standard InChI is InChI=1S/C16H23ClN2O2/c17-16-7-10-4-11(8-16)6-15(5-10,9-16)14(21)19-12-2-1-3-18-13(12)20/h10-12H,1-9H2,(H,18,20)(H,19,21)/t10?,11?,12-,15?,16?/m0/s1. The molecule has 0 spiro atoms. The van der Waals surface area contributed by atoms with Crippen molar-refractivity contribution in [1.29, 1.82) is 0 Å². The lowest BCUT2D eigenvalue weighted by Gasteiger charge is -2.59. The van der Waals surface area contributed by atoms with Gasteiger partial charge in [-0.2, -0.15) is 0 Å². The number of nitrogens with one attached hydrogen (secondary N) is 2. The quantitative estimate of drug-likeness (QED) is 0.766. The maximum Gasteiger partial charge on any atom is 0.242 e. The second-order valence-corrected chi connectivity index (χ2v) is 8.65. The smallest absolute Gasteiger partial charge is 0.242 e. The Hall–Kier alpha value is -0.770. The molecule has 4 aliphatic carbocycles. The van der Waals surface area contributed by atoms with Crippen LogP contribution in [0, 0.1) is 17.3 Å². The number of rotatable bonds is 2. The molecular formula is C16H23ClN2O2. The van der Waals surface area contributed by atoms with Gasteiger partial charge in [0.2, 0.25) is 11.8 Å². The van der Waals surface area contributed by atoms with Crippen LogP contribution in [-0.2, 0) is 9.59 Å². The third kappa shape index (κ3) is 2.26. The fourth-order valence-electron chi connectivity index (χ4n) is 5.64. The van der Waals surface area contributed by atoms with Crippen molar-refractivity contribution in [2.24, 2.45) is 17.3 Å². The summed E-state index contributed by atoms with van der Waals surface area (Å²) in [6.45, 7) is 0.727. The van der Waals surface area contributed by atoms with E-state index in [4.69, 9.17) is 11.6 Å². The molecule has 4 saturated carbocycles. The van der Waals surface area contributed by atoms with Gasteiger partial charge in [-0.1, -0.05) is 0 Å². The van der Waals surface area contributed by atoms with Crippen LogP contribution in [0.25, 0.3) is 0 Å². The highest BCUT2D eigenvalue weighted by Gasteiger charge is 2.60. The van der Waals surface area contributed by atoms with Gasteiger partial charge in [0, 0.05) is 11.4 Å². The molecule has 5 aliphatic rings. The minimum Gasteiger partial charge on any atom is -0.354 e. The number of piperidine rings is 1. The van der Waals surface area contributed by atoms with Gasteiger partial charge in [-0.3, -0.25) is 9.59 Å². The number of carbonyl (C=O) groups is 2. The van der Waals surface area contributed by atoms with Crippen molar-refractivity contribution in [3.8, 4) is 0 Å². The van der Waals surface area contributed by atoms with Crippen LogP contribution in [0.15, 0.2) is 0 Å². The number of amides is 2. The lowest BCUT2D eigenvalue weighted by molar-refractivity contribution is -0.147. The van der Waals surface area contributed by atoms with Crippen molar-refractivity contribution in [3.05, 3.63) is 0 Å². The molecule has 5 fully saturated rings. The molecule has 2 unspecified atom stereocenters. The predicted octanol–water partition coefficient (Wildman–Crippen LogP) is 1.96. The van der Waals surface area contributed by atoms with Crippen molar-refractivity contribution in [2.75, 3.05) is 6.54 Å². The SMILES string of the molecule is O=C1NCCC[C@@H]1NC(=O)C12CC3CC(CC(Cl)(C3)C1)C2. The number of carbonyl (C=O) groups excluding carboxylic acids is 2. The van der Waals surface area contributed by atoms with Crippen LogP contribution in [0.4, 0.5) is 0 Å². The van der Waals surface area contributed by atoms with E-state index in [1.165, 1.54) is 6.42 Å². The van der Waals surface area contributed by atoms with E-state index in [0.717, 1.165) is 51.5 Å². The number of halogens is 1. The third-order valence-corrected chi connectivity index (χ3v) is 6.50. The van der Waals surface area contributed by atoms with Gasteiger partial charge in [0.15, 0.2) is 0 Å². The van der Waals surface area contributed by atoms with Crippen LogP contribution >= 0.6 is 11.6 Å². The van der Waals surface area contributed by atoms with E-state index in [9.17, 15) is 9.59 Å². The third-order valence-electron chi connectivity index (χ3n) is 6.06. The molecule has 1 saturated heterocycles. The van der Waals surface area contributed by atoms with Crippen molar-refractivity contribution in [1.82, 2.24) is 10.6 Å². The summed E-state index contributed by atoms with van der Waals surface area (Å²) in [5, 5.41) is 5.87. The Kier molecular flexibility index (Phi) is 3.04. The Morgan fingerprint density at radius 1 is 1.24 bits per heavy atom. The molecule has 1 heterocycles. The topological polar surface area (TPSA) is 58.2 Å². The summed E-state index contributed by atoms with van der Waals surface area (Å²) < 4.78 is 0. The summed E-state index contributed by atoms with van der Waals surface area (Å²) in [5.74, 6) is 1.27. The number of hydrogen-bond acceptors (Lipinski definition) is 2. The van der Waals surface area contributed by atoms with Crippen LogP contribution in [0.3, 0.4) is 0 Å². The minimum absolute atomic E-state index is 0.0279. The summed E-state index contributed by atoms with van der Waals surface area (Å²) in [7, 11) is 0. The van der Waals surface area contributed by atoms with Gasteiger partial charge < -0.3 is 10.6 Å². The minimum atomic E-state index is -0.342. The van der Waals surface area contributed by atoms with Crippen molar-refractivity contribution in [2.45, 2.75) is 62.3 Å². The average molecular weight is 311 g/mol. The van der Waals surface area contributed by atoms with Gasteiger partial charge in [-0.25, -0.2) is 0 Å². The first-order chi connectivity index (χ1) is 9.98. The Labute approximate surface area is 130 Å². The number of alkyl halides is 1. The highest BCUT2D eigenvalue weighted by atomic mass is 35.5. The maximum absolute atomic E-state index is 12.9. The van der Waals surface area contributed by atoms with Crippen molar-refractivity contribution >= 4 is 23.4 Å². The average Bonchev–Trinajstić information content (AvgIpc) is 2.38. The molecule has 1 aliphatic heterocycles. The molecule has 21 heavy (non-hydrogen) atoms. The molecule has 0 aromatic carbocycles. The Bertz CT molecular complexity index is 479. The second kappa shape index (κ2) is 4.61. The first-order valence-corrected chi connectivity index (χ1v) is 8.64. The van der Waals surface area contributed by atoms with E-state index in [1.807, 2.05) is 0 Å². The molecule has 2 amide bonds. The first kappa shape index (κ1) is 13.9. The van der Waals surface area contributed by atoms with E-state index >= 15 is 0 Å². The molecule has 0 radical (unpaired) electrons. The Morgan fingerprint density at radius 3 is 2.57 bits per heavy atom. The zero-order chi connectivity index (χ0) is 14.7. The molecule has 116 valence electrons. The zero-order valence-corrected chi connectivity index (χ0v) is 13.0. The van der Waals surface area contributed by atoms with Gasteiger partial charge >= 0.3 is 0 Å². The van der Waals surface area contributed by atoms with Gasteiger partial charge in [-0.05, 0) is 63.2 Å². The first-order valence-electron chi connectivity index (χ1n) is 8.26. The number of hydrogen-bond donors (Lipinski definition) is 2. The summed E-state index contributed by atoms with van der Waals surface area (Å²) in [5.41, 5.74) is -0.302. The molecular weight excluding hydrogens is 288 g/mol. The van der Waals surface area contributed by atoms with Crippen molar-refractivity contribution in [3.63, 3.8) is 0 Å². The lowest BCUT2D eigenvalue weighted by atomic mass is 9.49. The second-order valence-electron chi connectivity index (χ2n) is 7.85. The largest absolute Gasteiger partial charge is 0.354 e. The molecule has 4 nitrogen and oxygen atoms in total. The normalized spacial score (nSPS) is 48.0. The molecule has 2 N–H and O–H groups in total. The van der Waals surface area contributed by atoms with Crippen LogP contribution in [0.5, 0.6) is 0 Å². The highest BCUT2D eigenvalue weighted by molar-refractivity contribution is 6.24. The Morgan fingerprint density at radius 2 is 1.95 bits per heavy atom. The van der Waals surface area contributed by atoms with Gasteiger partial charge in [0.05, 0.1) is 5.41 Å². The van der Waals surface area contributed by atoms with E-state index in [0.29, 0.717) is 11.8 Å². The maximum atomic E-state index is 12.9. The van der Waals surface area contributed by atoms with Crippen molar-refractivity contribution < 1.29 is 9.59 Å². The fraction of sp³-hybridized carbons (Fsp3) is 0.875. The fourth-order valence-corrected chi connectivity index (χ4v) is 6.33. The molecule has 5 heteroatoms. The molecule has 5 rings (SSSR count). The van der Waals surface area contributed by atoms with Crippen LogP contribution in [-0.4, -0.2) is 29.3 Å². The van der Waals surface area contributed by atoms with E-state index in [2.05, 4.69) is 10.6 Å². The van der Waals surface area contributed by atoms with Crippen LogP contribution in [0.1, 0.15) is 51.4 Å². The predicted molar refractivity (Wildman–Crippen MR) is 79.9 cm³/mol.